The second-order valence-corrected chi connectivity index (χ2v) is 8.57. The van der Waals surface area contributed by atoms with Gasteiger partial charge < -0.3 is 15.4 Å². The number of carbonyl (C=O) groups excluding carboxylic acids is 3. The molecule has 4 rings (SSSR count). The van der Waals surface area contributed by atoms with Gasteiger partial charge in [-0.05, 0) is 73.2 Å². The van der Waals surface area contributed by atoms with Crippen LogP contribution in [0.15, 0.2) is 66.9 Å². The predicted octanol–water partition coefficient (Wildman–Crippen LogP) is 4.94. The summed E-state index contributed by atoms with van der Waals surface area (Å²) in [7, 11) is 0. The first kappa shape index (κ1) is 25.0. The summed E-state index contributed by atoms with van der Waals surface area (Å²) in [6, 6.07) is 13.2. The first-order valence-electron chi connectivity index (χ1n) is 10.5. The van der Waals surface area contributed by atoms with Crippen molar-refractivity contribution >= 4 is 41.0 Å². The van der Waals surface area contributed by atoms with Gasteiger partial charge in [-0.25, -0.2) is 14.7 Å². The van der Waals surface area contributed by atoms with Gasteiger partial charge in [-0.1, -0.05) is 11.6 Å². The van der Waals surface area contributed by atoms with E-state index in [1.54, 1.807) is 36.4 Å². The van der Waals surface area contributed by atoms with Crippen molar-refractivity contribution in [2.75, 3.05) is 10.2 Å². The number of hydrogen-bond acceptors (Lipinski definition) is 5. The number of imide groups is 1. The van der Waals surface area contributed by atoms with Crippen LogP contribution >= 0.6 is 11.6 Å². The molecule has 1 saturated heterocycles. The molecule has 0 spiro atoms. The van der Waals surface area contributed by atoms with Gasteiger partial charge in [0.2, 0.25) is 0 Å². The standard InChI is InChI=1S/C24H18ClF3N4O4/c1-23(13-14-10-11-29-19(12-14)30-20(33)15-2-4-16(25)5-3-15)21(34)32(22(35)31-23)17-6-8-18(9-7-17)36-24(26,27)28/h2-12H,13H2,1H3,(H,31,35)(H,29,30,33). The Morgan fingerprint density at radius 1 is 1.11 bits per heavy atom. The molecule has 1 aliphatic heterocycles. The van der Waals surface area contributed by atoms with Crippen molar-refractivity contribution in [1.29, 1.82) is 0 Å². The highest BCUT2D eigenvalue weighted by molar-refractivity contribution is 6.30. The number of aromatic nitrogens is 1. The molecule has 0 radical (unpaired) electrons. The monoisotopic (exact) mass is 518 g/mol. The zero-order chi connectivity index (χ0) is 26.1. The number of halogens is 4. The zero-order valence-electron chi connectivity index (χ0n) is 18.6. The van der Waals surface area contributed by atoms with Crippen LogP contribution < -0.4 is 20.3 Å². The number of rotatable bonds is 6. The smallest absolute Gasteiger partial charge is 0.406 e. The van der Waals surface area contributed by atoms with E-state index in [4.69, 9.17) is 11.6 Å². The number of benzene rings is 2. The Labute approximate surface area is 208 Å². The van der Waals surface area contributed by atoms with Gasteiger partial charge in [0.1, 0.15) is 17.1 Å². The second kappa shape index (κ2) is 9.50. The van der Waals surface area contributed by atoms with Crippen molar-refractivity contribution in [3.63, 3.8) is 0 Å². The largest absolute Gasteiger partial charge is 0.573 e. The predicted molar refractivity (Wildman–Crippen MR) is 125 cm³/mol. The quantitative estimate of drug-likeness (QED) is 0.450. The minimum absolute atomic E-state index is 0.0652. The van der Waals surface area contributed by atoms with Crippen LogP contribution in [-0.4, -0.2) is 34.7 Å². The molecule has 1 fully saturated rings. The Hall–Kier alpha value is -4.12. The number of urea groups is 1. The van der Waals surface area contributed by atoms with Gasteiger partial charge in [0, 0.05) is 23.2 Å². The van der Waals surface area contributed by atoms with Crippen LogP contribution in [0.2, 0.25) is 5.02 Å². The van der Waals surface area contributed by atoms with Crippen LogP contribution in [0, 0.1) is 0 Å². The van der Waals surface area contributed by atoms with Crippen LogP contribution in [-0.2, 0) is 11.2 Å². The van der Waals surface area contributed by atoms with E-state index in [9.17, 15) is 27.6 Å². The number of alkyl halides is 3. The number of amides is 4. The van der Waals surface area contributed by atoms with E-state index in [-0.39, 0.29) is 17.9 Å². The number of carbonyl (C=O) groups is 3. The van der Waals surface area contributed by atoms with E-state index in [2.05, 4.69) is 20.4 Å². The summed E-state index contributed by atoms with van der Waals surface area (Å²) in [5, 5.41) is 5.78. The van der Waals surface area contributed by atoms with Gasteiger partial charge in [0.15, 0.2) is 0 Å². The third-order valence-electron chi connectivity index (χ3n) is 5.32. The highest BCUT2D eigenvalue weighted by Gasteiger charge is 2.48. The topological polar surface area (TPSA) is 101 Å². The van der Waals surface area contributed by atoms with Crippen LogP contribution in [0.25, 0.3) is 0 Å². The number of ether oxygens (including phenoxy) is 1. The lowest BCUT2D eigenvalue weighted by Gasteiger charge is -2.22. The third kappa shape index (κ3) is 5.57. The Morgan fingerprint density at radius 3 is 2.42 bits per heavy atom. The molecule has 186 valence electrons. The molecular weight excluding hydrogens is 501 g/mol. The maximum absolute atomic E-state index is 13.2. The van der Waals surface area contributed by atoms with Gasteiger partial charge in [-0.3, -0.25) is 9.59 Å². The fourth-order valence-corrected chi connectivity index (χ4v) is 3.81. The number of anilines is 2. The van der Waals surface area contributed by atoms with Crippen LogP contribution in [0.3, 0.4) is 0 Å². The lowest BCUT2D eigenvalue weighted by molar-refractivity contribution is -0.274. The molecular formula is C24H18ClF3N4O4. The molecule has 1 aliphatic rings. The molecule has 0 bridgehead atoms. The summed E-state index contributed by atoms with van der Waals surface area (Å²) in [4.78, 5) is 43.2. The van der Waals surface area contributed by atoms with E-state index in [0.29, 0.717) is 16.1 Å². The van der Waals surface area contributed by atoms with Gasteiger partial charge in [-0.15, -0.1) is 13.2 Å². The summed E-state index contributed by atoms with van der Waals surface area (Å²) in [5.74, 6) is -1.24. The van der Waals surface area contributed by atoms with Crippen molar-refractivity contribution in [3.8, 4) is 5.75 Å². The summed E-state index contributed by atoms with van der Waals surface area (Å²) in [5.41, 5.74) is -0.291. The molecule has 3 aromatic rings. The lowest BCUT2D eigenvalue weighted by Crippen LogP contribution is -2.46. The molecule has 1 unspecified atom stereocenters. The van der Waals surface area contributed by atoms with E-state index in [1.807, 2.05) is 0 Å². The van der Waals surface area contributed by atoms with Crippen LogP contribution in [0.5, 0.6) is 5.75 Å². The Morgan fingerprint density at radius 2 is 1.78 bits per heavy atom. The van der Waals surface area contributed by atoms with Crippen molar-refractivity contribution in [1.82, 2.24) is 10.3 Å². The minimum Gasteiger partial charge on any atom is -0.406 e. The fraction of sp³-hybridized carbons (Fsp3) is 0.167. The van der Waals surface area contributed by atoms with Crippen molar-refractivity contribution in [3.05, 3.63) is 83.0 Å². The maximum Gasteiger partial charge on any atom is 0.573 e. The molecule has 2 aromatic carbocycles. The Bertz CT molecular complexity index is 1320. The Balaban J connectivity index is 1.48. The number of hydrogen-bond donors (Lipinski definition) is 2. The molecule has 36 heavy (non-hydrogen) atoms. The summed E-state index contributed by atoms with van der Waals surface area (Å²) < 4.78 is 41.0. The molecule has 1 atom stereocenters. The summed E-state index contributed by atoms with van der Waals surface area (Å²) >= 11 is 5.84. The highest BCUT2D eigenvalue weighted by Crippen LogP contribution is 2.30. The molecule has 2 heterocycles. The molecule has 4 amide bonds. The third-order valence-corrected chi connectivity index (χ3v) is 5.57. The average molecular weight is 519 g/mol. The van der Waals surface area contributed by atoms with Crippen LogP contribution in [0.1, 0.15) is 22.8 Å². The van der Waals surface area contributed by atoms with E-state index >= 15 is 0 Å². The summed E-state index contributed by atoms with van der Waals surface area (Å²) in [6.45, 7) is 1.53. The highest BCUT2D eigenvalue weighted by atomic mass is 35.5. The Kier molecular flexibility index (Phi) is 6.59. The normalized spacial score (nSPS) is 17.6. The van der Waals surface area contributed by atoms with Crippen LogP contribution in [0.4, 0.5) is 29.5 Å². The van der Waals surface area contributed by atoms with E-state index in [1.165, 1.54) is 25.3 Å². The van der Waals surface area contributed by atoms with Gasteiger partial charge >= 0.3 is 12.4 Å². The first-order valence-corrected chi connectivity index (χ1v) is 10.9. The maximum atomic E-state index is 13.2. The van der Waals surface area contributed by atoms with E-state index in [0.717, 1.165) is 17.0 Å². The van der Waals surface area contributed by atoms with Gasteiger partial charge in [0.05, 0.1) is 5.69 Å². The fourth-order valence-electron chi connectivity index (χ4n) is 3.69. The molecule has 0 saturated carbocycles. The molecule has 2 N–H and O–H groups in total. The van der Waals surface area contributed by atoms with Crippen molar-refractivity contribution in [2.24, 2.45) is 0 Å². The minimum atomic E-state index is -4.86. The van der Waals surface area contributed by atoms with E-state index < -0.39 is 35.5 Å². The van der Waals surface area contributed by atoms with Crippen molar-refractivity contribution < 1.29 is 32.3 Å². The number of nitrogens with zero attached hydrogens (tertiary/aromatic N) is 2. The van der Waals surface area contributed by atoms with Crippen molar-refractivity contribution in [2.45, 2.75) is 25.2 Å². The van der Waals surface area contributed by atoms with Gasteiger partial charge in [-0.2, -0.15) is 0 Å². The lowest BCUT2D eigenvalue weighted by atomic mass is 9.93. The van der Waals surface area contributed by atoms with Gasteiger partial charge in [0.25, 0.3) is 11.8 Å². The molecule has 12 heteroatoms. The molecule has 8 nitrogen and oxygen atoms in total. The second-order valence-electron chi connectivity index (χ2n) is 8.13. The average Bonchev–Trinajstić information content (AvgIpc) is 3.01. The number of pyridine rings is 1. The number of nitrogens with one attached hydrogen (secondary N) is 2. The molecule has 1 aromatic heterocycles. The first-order chi connectivity index (χ1) is 16.9. The summed E-state index contributed by atoms with van der Waals surface area (Å²) in [6.07, 6.45) is -3.34. The SMILES string of the molecule is CC1(Cc2ccnc(NC(=O)c3ccc(Cl)cc3)c2)NC(=O)N(c2ccc(OC(F)(F)F)cc2)C1=O. The molecule has 0 aliphatic carbocycles. The zero-order valence-corrected chi connectivity index (χ0v) is 19.4.